The van der Waals surface area contributed by atoms with Crippen molar-refractivity contribution in [3.05, 3.63) is 53.5 Å². The first kappa shape index (κ1) is 22.5. The van der Waals surface area contributed by atoms with E-state index in [9.17, 15) is 0 Å². The molecule has 1 aromatic carbocycles. The summed E-state index contributed by atoms with van der Waals surface area (Å²) in [6, 6.07) is 10.1. The number of halogens is 1. The molecule has 0 saturated heterocycles. The van der Waals surface area contributed by atoms with Gasteiger partial charge in [-0.3, -0.25) is 4.98 Å². The topological polar surface area (TPSA) is 12.9 Å². The number of aromatic nitrogens is 1. The number of nitrogens with zero attached hydrogens (tertiary/aromatic N) is 1. The molecule has 2 saturated carbocycles. The van der Waals surface area contributed by atoms with Gasteiger partial charge < -0.3 is 0 Å². The monoisotopic (exact) mass is 421 g/mol. The van der Waals surface area contributed by atoms with Crippen molar-refractivity contribution in [1.82, 2.24) is 4.98 Å². The molecule has 4 rings (SSSR count). The Hall–Kier alpha value is -1.70. The Balaban J connectivity index is 1.39. The third kappa shape index (κ3) is 5.57. The zero-order chi connectivity index (χ0) is 21.6. The third-order valence-corrected chi connectivity index (χ3v) is 8.09. The summed E-state index contributed by atoms with van der Waals surface area (Å²) in [5.41, 5.74) is 3.91. The predicted octanol–water partition coefficient (Wildman–Crippen LogP) is 9.04. The maximum Gasteiger partial charge on any atom is 0.132 e. The maximum atomic E-state index is 15.0. The van der Waals surface area contributed by atoms with Crippen molar-refractivity contribution >= 4 is 0 Å². The first-order chi connectivity index (χ1) is 15.2. The van der Waals surface area contributed by atoms with E-state index in [0.717, 1.165) is 17.5 Å². The highest BCUT2D eigenvalue weighted by molar-refractivity contribution is 5.60. The molecule has 0 bridgehead atoms. The van der Waals surface area contributed by atoms with Gasteiger partial charge >= 0.3 is 0 Å². The molecule has 1 heterocycles. The lowest BCUT2D eigenvalue weighted by Crippen LogP contribution is -2.13. The molecule has 0 spiro atoms. The molecule has 0 unspecified atom stereocenters. The van der Waals surface area contributed by atoms with Crippen LogP contribution in [0.1, 0.15) is 114 Å². The second kappa shape index (κ2) is 10.7. The van der Waals surface area contributed by atoms with Crippen LogP contribution in [0.2, 0.25) is 0 Å². The van der Waals surface area contributed by atoms with Gasteiger partial charge in [-0.05, 0) is 104 Å². The summed E-state index contributed by atoms with van der Waals surface area (Å²) < 4.78 is 15.0. The highest BCUT2D eigenvalue weighted by atomic mass is 19.1. The minimum Gasteiger partial charge on any atom is -0.256 e. The minimum absolute atomic E-state index is 0.117. The van der Waals surface area contributed by atoms with Crippen LogP contribution in [0, 0.1) is 17.7 Å². The Morgan fingerprint density at radius 3 is 1.77 bits per heavy atom. The minimum atomic E-state index is -0.117. The van der Waals surface area contributed by atoms with E-state index in [4.69, 9.17) is 0 Å². The molecule has 1 aromatic heterocycles. The van der Waals surface area contributed by atoms with E-state index >= 15 is 4.39 Å². The van der Waals surface area contributed by atoms with Crippen molar-refractivity contribution in [2.24, 2.45) is 11.8 Å². The van der Waals surface area contributed by atoms with Crippen LogP contribution in [-0.2, 0) is 0 Å². The van der Waals surface area contributed by atoms with Crippen molar-refractivity contribution in [3.63, 3.8) is 0 Å². The van der Waals surface area contributed by atoms with Crippen LogP contribution >= 0.6 is 0 Å². The number of benzene rings is 1. The van der Waals surface area contributed by atoms with Gasteiger partial charge in [0.25, 0.3) is 0 Å². The fourth-order valence-corrected chi connectivity index (χ4v) is 6.18. The van der Waals surface area contributed by atoms with E-state index in [0.29, 0.717) is 17.4 Å². The van der Waals surface area contributed by atoms with Gasteiger partial charge in [-0.15, -0.1) is 0 Å². The van der Waals surface area contributed by atoms with E-state index in [1.54, 1.807) is 6.07 Å². The predicted molar refractivity (Wildman–Crippen MR) is 129 cm³/mol. The van der Waals surface area contributed by atoms with Gasteiger partial charge in [0.1, 0.15) is 5.82 Å². The molecule has 2 aromatic rings. The van der Waals surface area contributed by atoms with Gasteiger partial charge in [0.2, 0.25) is 0 Å². The van der Waals surface area contributed by atoms with E-state index in [1.165, 1.54) is 88.2 Å². The average Bonchev–Trinajstić information content (AvgIpc) is 2.81. The van der Waals surface area contributed by atoms with Crippen molar-refractivity contribution in [1.29, 1.82) is 0 Å². The SMILES string of the molecule is CCCC1CCC(c2ccc(-c3ccc(C4CCC(CCC)CC4)cc3F)nc2)CC1. The second-order valence-electron chi connectivity index (χ2n) is 10.2. The molecule has 0 atom stereocenters. The van der Waals surface area contributed by atoms with Crippen LogP contribution < -0.4 is 0 Å². The molecule has 2 fully saturated rings. The normalized spacial score (nSPS) is 26.7. The standard InChI is InChI=1S/C29H40FN/c1-3-5-21-7-11-23(12-8-21)25-15-17-27(28(30)19-25)29-18-16-26(20-31-29)24-13-9-22(6-4-2)10-14-24/h15-24H,3-14H2,1-2H3. The van der Waals surface area contributed by atoms with Crippen LogP contribution in [0.15, 0.2) is 36.5 Å². The molecule has 168 valence electrons. The highest BCUT2D eigenvalue weighted by Gasteiger charge is 2.24. The first-order valence-corrected chi connectivity index (χ1v) is 12.9. The summed E-state index contributed by atoms with van der Waals surface area (Å²) in [5, 5.41) is 0. The number of rotatable bonds is 7. The van der Waals surface area contributed by atoms with E-state index in [-0.39, 0.29) is 5.82 Å². The van der Waals surface area contributed by atoms with Gasteiger partial charge in [-0.1, -0.05) is 51.7 Å². The van der Waals surface area contributed by atoms with Gasteiger partial charge in [0, 0.05) is 11.8 Å². The van der Waals surface area contributed by atoms with Gasteiger partial charge in [0.15, 0.2) is 0 Å². The van der Waals surface area contributed by atoms with Crippen LogP contribution in [0.3, 0.4) is 0 Å². The molecule has 31 heavy (non-hydrogen) atoms. The Kier molecular flexibility index (Phi) is 7.80. The third-order valence-electron chi connectivity index (χ3n) is 8.09. The van der Waals surface area contributed by atoms with E-state index in [1.807, 2.05) is 18.3 Å². The molecule has 1 nitrogen and oxygen atoms in total. The molecule has 0 radical (unpaired) electrons. The van der Waals surface area contributed by atoms with Crippen molar-refractivity contribution < 1.29 is 4.39 Å². The zero-order valence-electron chi connectivity index (χ0n) is 19.6. The molecular weight excluding hydrogens is 381 g/mol. The lowest BCUT2D eigenvalue weighted by molar-refractivity contribution is 0.308. The van der Waals surface area contributed by atoms with E-state index in [2.05, 4.69) is 31.0 Å². The number of hydrogen-bond donors (Lipinski definition) is 0. The number of pyridine rings is 1. The Labute approximate surface area is 188 Å². The molecule has 2 heteroatoms. The maximum absolute atomic E-state index is 15.0. The van der Waals surface area contributed by atoms with Crippen LogP contribution in [0.25, 0.3) is 11.3 Å². The van der Waals surface area contributed by atoms with Gasteiger partial charge in [-0.25, -0.2) is 4.39 Å². The Morgan fingerprint density at radius 2 is 1.29 bits per heavy atom. The zero-order valence-corrected chi connectivity index (χ0v) is 19.6. The van der Waals surface area contributed by atoms with Crippen LogP contribution in [-0.4, -0.2) is 4.98 Å². The summed E-state index contributed by atoms with van der Waals surface area (Å²) in [4.78, 5) is 4.67. The van der Waals surface area contributed by atoms with Crippen molar-refractivity contribution in [2.45, 2.75) is 103 Å². The summed E-state index contributed by atoms with van der Waals surface area (Å²) >= 11 is 0. The van der Waals surface area contributed by atoms with Crippen LogP contribution in [0.4, 0.5) is 4.39 Å². The number of hydrogen-bond acceptors (Lipinski definition) is 1. The molecule has 0 amide bonds. The fourth-order valence-electron chi connectivity index (χ4n) is 6.18. The molecule has 0 N–H and O–H groups in total. The van der Waals surface area contributed by atoms with Gasteiger partial charge in [-0.2, -0.15) is 0 Å². The summed E-state index contributed by atoms with van der Waals surface area (Å²) in [5.74, 6) is 2.84. The Bertz CT molecular complexity index is 811. The molecule has 2 aliphatic rings. The van der Waals surface area contributed by atoms with Crippen molar-refractivity contribution in [2.75, 3.05) is 0 Å². The first-order valence-electron chi connectivity index (χ1n) is 12.9. The average molecular weight is 422 g/mol. The molecule has 0 aliphatic heterocycles. The lowest BCUT2D eigenvalue weighted by atomic mass is 9.77. The quantitative estimate of drug-likeness (QED) is 0.434. The highest BCUT2D eigenvalue weighted by Crippen LogP contribution is 2.39. The van der Waals surface area contributed by atoms with Crippen molar-refractivity contribution in [3.8, 4) is 11.3 Å². The smallest absolute Gasteiger partial charge is 0.132 e. The fraction of sp³-hybridized carbons (Fsp3) is 0.621. The van der Waals surface area contributed by atoms with E-state index < -0.39 is 0 Å². The second-order valence-corrected chi connectivity index (χ2v) is 10.2. The lowest BCUT2D eigenvalue weighted by Gasteiger charge is -2.29. The van der Waals surface area contributed by atoms with Gasteiger partial charge in [0.05, 0.1) is 5.69 Å². The summed E-state index contributed by atoms with van der Waals surface area (Å²) in [6.07, 6.45) is 17.5. The summed E-state index contributed by atoms with van der Waals surface area (Å²) in [7, 11) is 0. The largest absolute Gasteiger partial charge is 0.256 e. The van der Waals surface area contributed by atoms with Crippen LogP contribution in [0.5, 0.6) is 0 Å². The molecule has 2 aliphatic carbocycles. The molecular formula is C29H40FN. The summed E-state index contributed by atoms with van der Waals surface area (Å²) in [6.45, 7) is 4.57. The Morgan fingerprint density at radius 1 is 0.742 bits per heavy atom.